The molecule has 1 saturated carbocycles. The lowest BCUT2D eigenvalue weighted by Gasteiger charge is -2.38. The van der Waals surface area contributed by atoms with Gasteiger partial charge >= 0.3 is 5.97 Å². The number of pyridine rings is 1. The highest BCUT2D eigenvalue weighted by Gasteiger charge is 2.33. The number of nitrogens with two attached hydrogens (primary N) is 1. The number of ether oxygens (including phenoxy) is 1. The van der Waals surface area contributed by atoms with Crippen molar-refractivity contribution in [3.8, 4) is 5.88 Å². The highest BCUT2D eigenvalue weighted by atomic mass is 16.5. The van der Waals surface area contributed by atoms with E-state index in [-0.39, 0.29) is 22.8 Å². The first-order valence-corrected chi connectivity index (χ1v) is 6.92. The summed E-state index contributed by atoms with van der Waals surface area (Å²) in [6.45, 7) is 6.70. The Balaban J connectivity index is 2.12. The predicted octanol–water partition coefficient (Wildman–Crippen LogP) is 2.96. The Morgan fingerprint density at radius 1 is 1.50 bits per heavy atom. The van der Waals surface area contributed by atoms with Crippen LogP contribution in [-0.2, 0) is 0 Å². The lowest BCUT2D eigenvalue weighted by atomic mass is 9.71. The first-order valence-electron chi connectivity index (χ1n) is 6.92. The molecule has 1 aromatic rings. The fourth-order valence-electron chi connectivity index (χ4n) is 3.19. The number of nitrogens with zero attached hydrogens (tertiary/aromatic N) is 1. The van der Waals surface area contributed by atoms with E-state index in [0.717, 1.165) is 12.8 Å². The van der Waals surface area contributed by atoms with E-state index >= 15 is 0 Å². The molecule has 20 heavy (non-hydrogen) atoms. The van der Waals surface area contributed by atoms with Crippen molar-refractivity contribution in [3.05, 3.63) is 17.8 Å². The van der Waals surface area contributed by atoms with Gasteiger partial charge < -0.3 is 15.6 Å². The number of aromatic carboxylic acids is 1. The Hall–Kier alpha value is -1.78. The van der Waals surface area contributed by atoms with Crippen molar-refractivity contribution >= 4 is 11.7 Å². The van der Waals surface area contributed by atoms with Crippen LogP contribution in [0.15, 0.2) is 12.3 Å². The molecule has 0 bridgehead atoms. The molecule has 2 atom stereocenters. The lowest BCUT2D eigenvalue weighted by molar-refractivity contribution is 0.0537. The van der Waals surface area contributed by atoms with Crippen LogP contribution in [0.4, 0.5) is 5.69 Å². The summed E-state index contributed by atoms with van der Waals surface area (Å²) in [4.78, 5) is 14.9. The topological polar surface area (TPSA) is 85.4 Å². The van der Waals surface area contributed by atoms with Gasteiger partial charge in [0, 0.05) is 6.20 Å². The van der Waals surface area contributed by atoms with Crippen LogP contribution in [0.1, 0.15) is 50.4 Å². The number of rotatable bonds is 3. The molecule has 1 fully saturated rings. The number of carboxylic acid groups (broad SMARTS) is 1. The van der Waals surface area contributed by atoms with Gasteiger partial charge in [-0.2, -0.15) is 0 Å². The molecular weight excluding hydrogens is 256 g/mol. The van der Waals surface area contributed by atoms with Gasteiger partial charge in [-0.3, -0.25) is 0 Å². The second-order valence-electron chi connectivity index (χ2n) is 6.58. The summed E-state index contributed by atoms with van der Waals surface area (Å²) in [5.74, 6) is -0.101. The number of carboxylic acids is 1. The molecular formula is C15H22N2O3. The molecule has 0 saturated heterocycles. The number of hydrogen-bond donors (Lipinski definition) is 2. The van der Waals surface area contributed by atoms with Gasteiger partial charge in [0.25, 0.3) is 0 Å². The van der Waals surface area contributed by atoms with Crippen LogP contribution in [0.5, 0.6) is 5.88 Å². The smallest absolute Gasteiger partial charge is 0.337 e. The van der Waals surface area contributed by atoms with Crippen LogP contribution in [0.2, 0.25) is 0 Å². The molecule has 3 N–H and O–H groups in total. The monoisotopic (exact) mass is 278 g/mol. The van der Waals surface area contributed by atoms with Crippen molar-refractivity contribution in [2.75, 3.05) is 5.73 Å². The first-order chi connectivity index (χ1) is 9.27. The van der Waals surface area contributed by atoms with Gasteiger partial charge in [-0.05, 0) is 36.7 Å². The van der Waals surface area contributed by atoms with Crippen LogP contribution >= 0.6 is 0 Å². The zero-order valence-electron chi connectivity index (χ0n) is 12.2. The molecule has 110 valence electrons. The van der Waals surface area contributed by atoms with Gasteiger partial charge in [0.1, 0.15) is 6.10 Å². The van der Waals surface area contributed by atoms with E-state index < -0.39 is 5.97 Å². The molecule has 1 aromatic heterocycles. The maximum atomic E-state index is 10.8. The van der Waals surface area contributed by atoms with Gasteiger partial charge in [-0.25, -0.2) is 9.78 Å². The van der Waals surface area contributed by atoms with Crippen molar-refractivity contribution in [2.45, 2.75) is 46.1 Å². The maximum Gasteiger partial charge on any atom is 0.337 e. The van der Waals surface area contributed by atoms with Gasteiger partial charge in [0.2, 0.25) is 5.88 Å². The zero-order chi connectivity index (χ0) is 14.9. The molecule has 0 radical (unpaired) electrons. The Morgan fingerprint density at radius 2 is 2.20 bits per heavy atom. The Morgan fingerprint density at radius 3 is 2.75 bits per heavy atom. The highest BCUT2D eigenvalue weighted by molar-refractivity contribution is 5.88. The number of anilines is 1. The van der Waals surface area contributed by atoms with Crippen LogP contribution in [0, 0.1) is 11.3 Å². The minimum Gasteiger partial charge on any atom is -0.478 e. The van der Waals surface area contributed by atoms with Gasteiger partial charge in [-0.15, -0.1) is 0 Å². The average Bonchev–Trinajstić information content (AvgIpc) is 2.28. The van der Waals surface area contributed by atoms with Crippen molar-refractivity contribution < 1.29 is 14.6 Å². The molecule has 1 aliphatic carbocycles. The van der Waals surface area contributed by atoms with Gasteiger partial charge in [0.05, 0.1) is 11.3 Å². The summed E-state index contributed by atoms with van der Waals surface area (Å²) in [5, 5.41) is 8.89. The van der Waals surface area contributed by atoms with E-state index in [1.54, 1.807) is 0 Å². The van der Waals surface area contributed by atoms with Crippen LogP contribution in [0.3, 0.4) is 0 Å². The van der Waals surface area contributed by atoms with Gasteiger partial charge in [0.15, 0.2) is 0 Å². The van der Waals surface area contributed by atoms with E-state index in [0.29, 0.717) is 11.8 Å². The average molecular weight is 278 g/mol. The molecule has 2 unspecified atom stereocenters. The summed E-state index contributed by atoms with van der Waals surface area (Å²) < 4.78 is 5.90. The first kappa shape index (κ1) is 14.6. The van der Waals surface area contributed by atoms with E-state index in [1.165, 1.54) is 18.7 Å². The lowest BCUT2D eigenvalue weighted by Crippen LogP contribution is -2.34. The second-order valence-corrected chi connectivity index (χ2v) is 6.58. The van der Waals surface area contributed by atoms with Gasteiger partial charge in [-0.1, -0.05) is 20.8 Å². The van der Waals surface area contributed by atoms with E-state index in [9.17, 15) is 4.79 Å². The molecule has 5 nitrogen and oxygen atoms in total. The highest BCUT2D eigenvalue weighted by Crippen LogP contribution is 2.40. The minimum absolute atomic E-state index is 0.0761. The number of nitrogen functional groups attached to an aromatic ring is 1. The van der Waals surface area contributed by atoms with E-state index in [2.05, 4.69) is 25.8 Å². The molecule has 5 heteroatoms. The van der Waals surface area contributed by atoms with E-state index in [1.807, 2.05) is 0 Å². The van der Waals surface area contributed by atoms with Crippen LogP contribution in [-0.4, -0.2) is 22.2 Å². The van der Waals surface area contributed by atoms with Crippen molar-refractivity contribution in [1.82, 2.24) is 4.98 Å². The molecule has 0 aromatic carbocycles. The second kappa shape index (κ2) is 5.31. The zero-order valence-corrected chi connectivity index (χ0v) is 12.2. The predicted molar refractivity (Wildman–Crippen MR) is 76.8 cm³/mol. The molecule has 0 spiro atoms. The quantitative estimate of drug-likeness (QED) is 0.887. The SMILES string of the molecule is CC1CC(Oc2ncc(C(=O)O)cc2N)CC(C)(C)C1. The normalized spacial score (nSPS) is 25.1. The van der Waals surface area contributed by atoms with Crippen LogP contribution in [0.25, 0.3) is 0 Å². The summed E-state index contributed by atoms with van der Waals surface area (Å²) in [5.41, 5.74) is 6.43. The van der Waals surface area contributed by atoms with Crippen molar-refractivity contribution in [3.63, 3.8) is 0 Å². The molecule has 2 rings (SSSR count). The molecule has 0 aliphatic heterocycles. The summed E-state index contributed by atoms with van der Waals surface area (Å²) in [7, 11) is 0. The summed E-state index contributed by atoms with van der Waals surface area (Å²) >= 11 is 0. The summed E-state index contributed by atoms with van der Waals surface area (Å²) in [6.07, 6.45) is 4.49. The Labute approximate surface area is 119 Å². The molecule has 0 amide bonds. The number of carbonyl (C=O) groups is 1. The maximum absolute atomic E-state index is 10.8. The van der Waals surface area contributed by atoms with Crippen molar-refractivity contribution in [1.29, 1.82) is 0 Å². The third-order valence-corrected chi connectivity index (χ3v) is 3.75. The fourth-order valence-corrected chi connectivity index (χ4v) is 3.19. The van der Waals surface area contributed by atoms with Crippen LogP contribution < -0.4 is 10.5 Å². The van der Waals surface area contributed by atoms with Crippen molar-refractivity contribution in [2.24, 2.45) is 11.3 Å². The number of hydrogen-bond acceptors (Lipinski definition) is 4. The Bertz CT molecular complexity index is 514. The third-order valence-electron chi connectivity index (χ3n) is 3.75. The molecule has 1 aliphatic rings. The summed E-state index contributed by atoms with van der Waals surface area (Å²) in [6, 6.07) is 1.39. The standard InChI is InChI=1S/C15H22N2O3/c1-9-4-11(7-15(2,3)6-9)20-13-12(16)5-10(8-17-13)14(18)19/h5,8-9,11H,4,6-7,16H2,1-3H3,(H,18,19). The number of aromatic nitrogens is 1. The largest absolute Gasteiger partial charge is 0.478 e. The minimum atomic E-state index is -1.04. The van der Waals surface area contributed by atoms with E-state index in [4.69, 9.17) is 15.6 Å². The fraction of sp³-hybridized carbons (Fsp3) is 0.600. The molecule has 1 heterocycles. The Kier molecular flexibility index (Phi) is 3.88. The third kappa shape index (κ3) is 3.40.